The number of rotatable bonds is 4. The van der Waals surface area contributed by atoms with Crippen LogP contribution in [0.15, 0.2) is 35.4 Å². The van der Waals surface area contributed by atoms with Gasteiger partial charge in [0.1, 0.15) is 6.04 Å². The van der Waals surface area contributed by atoms with E-state index in [9.17, 15) is 9.90 Å². The van der Waals surface area contributed by atoms with Gasteiger partial charge in [-0.2, -0.15) is 0 Å². The van der Waals surface area contributed by atoms with Crippen molar-refractivity contribution in [1.82, 2.24) is 0 Å². The fraction of sp³-hybridized carbons (Fsp3) is 0.462. The third kappa shape index (κ3) is 3.50. The van der Waals surface area contributed by atoms with Crippen molar-refractivity contribution >= 4 is 5.97 Å². The molecule has 0 saturated carbocycles. The van der Waals surface area contributed by atoms with Crippen LogP contribution in [-0.4, -0.2) is 49.3 Å². The van der Waals surface area contributed by atoms with Gasteiger partial charge in [-0.3, -0.25) is 0 Å². The normalized spacial score (nSPS) is 28.5. The summed E-state index contributed by atoms with van der Waals surface area (Å²) in [6.45, 7) is -0.0679. The van der Waals surface area contributed by atoms with E-state index in [4.69, 9.17) is 19.7 Å². The van der Waals surface area contributed by atoms with Crippen molar-refractivity contribution in [2.75, 3.05) is 13.7 Å². The average molecular weight is 293 g/mol. The van der Waals surface area contributed by atoms with Crippen LogP contribution in [-0.2, 0) is 14.2 Å². The van der Waals surface area contributed by atoms with E-state index in [-0.39, 0.29) is 6.61 Å². The molecule has 8 nitrogen and oxygen atoms in total. The molecular formula is C13H15N3O5. The Hall–Kier alpha value is -2.12. The predicted octanol–water partition coefficient (Wildman–Crippen LogP) is 1.25. The zero-order valence-electron chi connectivity index (χ0n) is 11.3. The Labute approximate surface area is 120 Å². The van der Waals surface area contributed by atoms with E-state index < -0.39 is 30.5 Å². The largest absolute Gasteiger partial charge is 0.453 e. The van der Waals surface area contributed by atoms with Crippen molar-refractivity contribution in [2.24, 2.45) is 5.11 Å². The molecule has 0 radical (unpaired) electrons. The van der Waals surface area contributed by atoms with E-state index in [1.165, 1.54) is 7.11 Å². The van der Waals surface area contributed by atoms with Gasteiger partial charge in [0, 0.05) is 12.0 Å². The highest BCUT2D eigenvalue weighted by molar-refractivity contribution is 5.89. The van der Waals surface area contributed by atoms with Crippen LogP contribution in [0.1, 0.15) is 10.4 Å². The molecule has 1 aromatic rings. The van der Waals surface area contributed by atoms with Crippen molar-refractivity contribution in [1.29, 1.82) is 0 Å². The molecule has 0 aliphatic carbocycles. The molecule has 1 fully saturated rings. The molecule has 0 bridgehead atoms. The maximum Gasteiger partial charge on any atom is 0.338 e. The van der Waals surface area contributed by atoms with Gasteiger partial charge in [-0.1, -0.05) is 23.3 Å². The molecule has 1 aliphatic rings. The predicted molar refractivity (Wildman–Crippen MR) is 71.3 cm³/mol. The van der Waals surface area contributed by atoms with Crippen molar-refractivity contribution in [3.63, 3.8) is 0 Å². The molecule has 1 N–H and O–H groups in total. The molecule has 1 aliphatic heterocycles. The number of methoxy groups -OCH3 is 1. The summed E-state index contributed by atoms with van der Waals surface area (Å²) in [6, 6.07) is 7.37. The summed E-state index contributed by atoms with van der Waals surface area (Å²) in [6.07, 6.45) is -3.00. The van der Waals surface area contributed by atoms with E-state index >= 15 is 0 Å². The Morgan fingerprint density at radius 2 is 2.19 bits per heavy atom. The van der Waals surface area contributed by atoms with Crippen molar-refractivity contribution in [3.05, 3.63) is 46.3 Å². The molecule has 8 heteroatoms. The number of carbonyl (C=O) groups excluding carboxylic acids is 1. The maximum atomic E-state index is 12.1. The summed E-state index contributed by atoms with van der Waals surface area (Å²) >= 11 is 0. The minimum Gasteiger partial charge on any atom is -0.453 e. The fourth-order valence-corrected chi connectivity index (χ4v) is 2.06. The zero-order chi connectivity index (χ0) is 15.2. The lowest BCUT2D eigenvalue weighted by Crippen LogP contribution is -2.54. The van der Waals surface area contributed by atoms with Crippen LogP contribution in [0.4, 0.5) is 0 Å². The van der Waals surface area contributed by atoms with E-state index in [1.54, 1.807) is 30.3 Å². The molecule has 4 unspecified atom stereocenters. The molecule has 21 heavy (non-hydrogen) atoms. The maximum absolute atomic E-state index is 12.1. The number of esters is 1. The molecular weight excluding hydrogens is 278 g/mol. The summed E-state index contributed by atoms with van der Waals surface area (Å²) in [5, 5.41) is 13.3. The Morgan fingerprint density at radius 3 is 2.81 bits per heavy atom. The number of ether oxygens (including phenoxy) is 3. The summed E-state index contributed by atoms with van der Waals surface area (Å²) < 4.78 is 15.6. The number of aliphatic hydroxyl groups is 1. The van der Waals surface area contributed by atoms with Crippen molar-refractivity contribution in [2.45, 2.75) is 24.5 Å². The van der Waals surface area contributed by atoms with Crippen LogP contribution in [0.3, 0.4) is 0 Å². The van der Waals surface area contributed by atoms with Gasteiger partial charge in [-0.05, 0) is 17.7 Å². The standard InChI is InChI=1S/C13H15N3O5/c1-19-13-11(10(15-16-14)9(17)7-20-13)21-12(18)8-5-3-2-4-6-8/h2-6,9-11,13,17H,7H2,1H3. The lowest BCUT2D eigenvalue weighted by atomic mass is 10.0. The molecule has 0 aromatic heterocycles. The summed E-state index contributed by atoms with van der Waals surface area (Å²) in [4.78, 5) is 14.8. The lowest BCUT2D eigenvalue weighted by Gasteiger charge is -2.37. The number of carbonyl (C=O) groups is 1. The van der Waals surface area contributed by atoms with Crippen LogP contribution in [0.2, 0.25) is 0 Å². The van der Waals surface area contributed by atoms with Crippen molar-refractivity contribution in [3.8, 4) is 0 Å². The highest BCUT2D eigenvalue weighted by Gasteiger charge is 2.42. The molecule has 0 amide bonds. The van der Waals surface area contributed by atoms with Gasteiger partial charge >= 0.3 is 5.97 Å². The molecule has 4 atom stereocenters. The number of hydrogen-bond acceptors (Lipinski definition) is 6. The molecule has 0 spiro atoms. The minimum atomic E-state index is -1.07. The SMILES string of the molecule is COC1OCC(O)C(N=[N+]=[N-])C1OC(=O)c1ccccc1. The topological polar surface area (TPSA) is 114 Å². The van der Waals surface area contributed by atoms with E-state index in [0.717, 1.165) is 0 Å². The zero-order valence-corrected chi connectivity index (χ0v) is 11.3. The van der Waals surface area contributed by atoms with Crippen LogP contribution in [0, 0.1) is 0 Å². The molecule has 1 heterocycles. The lowest BCUT2D eigenvalue weighted by molar-refractivity contribution is -0.231. The Morgan fingerprint density at radius 1 is 1.48 bits per heavy atom. The van der Waals surface area contributed by atoms with Crippen LogP contribution >= 0.6 is 0 Å². The number of nitrogens with zero attached hydrogens (tertiary/aromatic N) is 3. The molecule has 1 saturated heterocycles. The third-order valence-electron chi connectivity index (χ3n) is 3.10. The first-order chi connectivity index (χ1) is 10.2. The van der Waals surface area contributed by atoms with Gasteiger partial charge < -0.3 is 19.3 Å². The van der Waals surface area contributed by atoms with E-state index in [1.807, 2.05) is 0 Å². The third-order valence-corrected chi connectivity index (χ3v) is 3.10. The van der Waals surface area contributed by atoms with Crippen molar-refractivity contribution < 1.29 is 24.1 Å². The Balaban J connectivity index is 2.19. The average Bonchev–Trinajstić information content (AvgIpc) is 2.52. The number of hydrogen-bond donors (Lipinski definition) is 1. The van der Waals surface area contributed by atoms with Gasteiger partial charge in [0.05, 0.1) is 18.3 Å². The van der Waals surface area contributed by atoms with Crippen LogP contribution < -0.4 is 0 Å². The second-order valence-corrected chi connectivity index (χ2v) is 4.44. The molecule has 112 valence electrons. The van der Waals surface area contributed by atoms with Gasteiger partial charge in [0.15, 0.2) is 12.4 Å². The highest BCUT2D eigenvalue weighted by atomic mass is 16.7. The van der Waals surface area contributed by atoms with Crippen LogP contribution in [0.25, 0.3) is 10.4 Å². The minimum absolute atomic E-state index is 0.0679. The monoisotopic (exact) mass is 293 g/mol. The Bertz CT molecular complexity index is 532. The first kappa shape index (κ1) is 15.3. The fourth-order valence-electron chi connectivity index (χ4n) is 2.06. The number of azide groups is 1. The summed E-state index contributed by atoms with van der Waals surface area (Å²) in [7, 11) is 1.37. The first-order valence-corrected chi connectivity index (χ1v) is 6.30. The summed E-state index contributed by atoms with van der Waals surface area (Å²) in [5.74, 6) is -0.613. The Kier molecular flexibility index (Phi) is 5.13. The second-order valence-electron chi connectivity index (χ2n) is 4.44. The highest BCUT2D eigenvalue weighted by Crippen LogP contribution is 2.23. The van der Waals surface area contributed by atoms with E-state index in [0.29, 0.717) is 5.56 Å². The molecule has 1 aromatic carbocycles. The van der Waals surface area contributed by atoms with Gasteiger partial charge in [-0.25, -0.2) is 4.79 Å². The van der Waals surface area contributed by atoms with E-state index in [2.05, 4.69) is 10.0 Å². The molecule has 2 rings (SSSR count). The number of benzene rings is 1. The number of aliphatic hydroxyl groups excluding tert-OH is 1. The van der Waals surface area contributed by atoms with Crippen LogP contribution in [0.5, 0.6) is 0 Å². The van der Waals surface area contributed by atoms with Gasteiger partial charge in [0.2, 0.25) is 0 Å². The smallest absolute Gasteiger partial charge is 0.338 e. The second kappa shape index (κ2) is 7.05. The van der Waals surface area contributed by atoms with Gasteiger partial charge in [0.25, 0.3) is 0 Å². The first-order valence-electron chi connectivity index (χ1n) is 6.30. The van der Waals surface area contributed by atoms with Gasteiger partial charge in [-0.15, -0.1) is 0 Å². The quantitative estimate of drug-likeness (QED) is 0.388. The summed E-state index contributed by atoms with van der Waals surface area (Å²) in [5.41, 5.74) is 8.93.